The van der Waals surface area contributed by atoms with Crippen molar-refractivity contribution in [3.8, 4) is 0 Å². The van der Waals surface area contributed by atoms with Crippen molar-refractivity contribution in [2.45, 2.75) is 13.5 Å². The van der Waals surface area contributed by atoms with Crippen molar-refractivity contribution < 1.29 is 0 Å². The second kappa shape index (κ2) is 5.42. The van der Waals surface area contributed by atoms with E-state index in [2.05, 4.69) is 30.2 Å². The van der Waals surface area contributed by atoms with Gasteiger partial charge in [-0.1, -0.05) is 0 Å². The van der Waals surface area contributed by atoms with E-state index in [9.17, 15) is 0 Å². The van der Waals surface area contributed by atoms with E-state index in [1.54, 1.807) is 17.3 Å². The van der Waals surface area contributed by atoms with Crippen LogP contribution < -0.4 is 16.0 Å². The first-order valence-corrected chi connectivity index (χ1v) is 5.75. The summed E-state index contributed by atoms with van der Waals surface area (Å²) in [6.45, 7) is 2.36. The van der Waals surface area contributed by atoms with Gasteiger partial charge < -0.3 is 16.0 Å². The van der Waals surface area contributed by atoms with Crippen molar-refractivity contribution in [3.05, 3.63) is 23.8 Å². The first kappa shape index (κ1) is 12.9. The summed E-state index contributed by atoms with van der Waals surface area (Å²) in [5, 5.41) is 3.05. The molecule has 0 aliphatic carbocycles. The lowest BCUT2D eigenvalue weighted by atomic mass is 10.4. The minimum Gasteiger partial charge on any atom is -0.368 e. The number of nitrogen functional groups attached to an aromatic ring is 1. The molecule has 0 saturated heterocycles. The maximum absolute atomic E-state index is 5.63. The summed E-state index contributed by atoms with van der Waals surface area (Å²) in [5.74, 6) is 1.10. The van der Waals surface area contributed by atoms with Crippen LogP contribution in [0.25, 0.3) is 0 Å². The Morgan fingerprint density at radius 2 is 1.95 bits per heavy atom. The summed E-state index contributed by atoms with van der Waals surface area (Å²) in [6, 6.07) is 0. The summed E-state index contributed by atoms with van der Waals surface area (Å²) in [5.41, 5.74) is 7.31. The van der Waals surface area contributed by atoms with E-state index in [-0.39, 0.29) is 5.95 Å². The molecular weight excluding hydrogens is 244 g/mol. The second-order valence-corrected chi connectivity index (χ2v) is 4.21. The van der Waals surface area contributed by atoms with Crippen LogP contribution in [0, 0.1) is 6.92 Å². The van der Waals surface area contributed by atoms with E-state index in [1.165, 1.54) is 0 Å². The highest BCUT2D eigenvalue weighted by Gasteiger charge is 2.06. The third-order valence-electron chi connectivity index (χ3n) is 2.30. The summed E-state index contributed by atoms with van der Waals surface area (Å²) >= 11 is 0. The molecule has 0 bridgehead atoms. The van der Waals surface area contributed by atoms with Gasteiger partial charge in [0.1, 0.15) is 0 Å². The molecule has 0 spiro atoms. The summed E-state index contributed by atoms with van der Waals surface area (Å²) in [4.78, 5) is 22.4. The van der Waals surface area contributed by atoms with Crippen LogP contribution in [0.3, 0.4) is 0 Å². The molecule has 0 saturated carbocycles. The average molecular weight is 260 g/mol. The lowest BCUT2D eigenvalue weighted by molar-refractivity contribution is 0.929. The number of nitrogens with one attached hydrogen (secondary N) is 1. The highest BCUT2D eigenvalue weighted by atomic mass is 15.3. The van der Waals surface area contributed by atoms with Crippen LogP contribution in [0.4, 0.5) is 17.8 Å². The molecule has 0 aromatic carbocycles. The van der Waals surface area contributed by atoms with Crippen LogP contribution in [0.15, 0.2) is 12.4 Å². The third kappa shape index (κ3) is 3.47. The van der Waals surface area contributed by atoms with Gasteiger partial charge in [-0.05, 0) is 6.92 Å². The van der Waals surface area contributed by atoms with Crippen molar-refractivity contribution >= 4 is 17.8 Å². The largest absolute Gasteiger partial charge is 0.368 e. The lowest BCUT2D eigenvalue weighted by Crippen LogP contribution is -2.16. The summed E-state index contributed by atoms with van der Waals surface area (Å²) in [6.07, 6.45) is 3.42. The molecule has 8 nitrogen and oxygen atoms in total. The molecule has 2 rings (SSSR count). The predicted octanol–water partition coefficient (Wildman–Crippen LogP) is 0.230. The summed E-state index contributed by atoms with van der Waals surface area (Å²) in [7, 11) is 3.67. The average Bonchev–Trinajstić information content (AvgIpc) is 2.37. The van der Waals surface area contributed by atoms with E-state index in [0.717, 1.165) is 11.4 Å². The zero-order chi connectivity index (χ0) is 13.8. The Bertz CT molecular complexity index is 551. The number of aromatic nitrogens is 5. The Morgan fingerprint density at radius 1 is 1.16 bits per heavy atom. The molecule has 19 heavy (non-hydrogen) atoms. The zero-order valence-corrected chi connectivity index (χ0v) is 11.1. The Balaban J connectivity index is 2.08. The molecule has 100 valence electrons. The predicted molar refractivity (Wildman–Crippen MR) is 72.7 cm³/mol. The first-order chi connectivity index (χ1) is 9.04. The molecule has 0 aliphatic heterocycles. The Labute approximate surface area is 111 Å². The molecule has 8 heteroatoms. The van der Waals surface area contributed by atoms with Gasteiger partial charge in [-0.25, -0.2) is 0 Å². The maximum atomic E-state index is 5.63. The van der Waals surface area contributed by atoms with Crippen LogP contribution in [-0.2, 0) is 6.54 Å². The number of aryl methyl sites for hydroxylation is 1. The Morgan fingerprint density at radius 3 is 2.58 bits per heavy atom. The third-order valence-corrected chi connectivity index (χ3v) is 2.30. The highest BCUT2D eigenvalue weighted by molar-refractivity contribution is 5.40. The normalized spacial score (nSPS) is 10.3. The number of nitrogens with zero attached hydrogens (tertiary/aromatic N) is 6. The van der Waals surface area contributed by atoms with Crippen LogP contribution >= 0.6 is 0 Å². The molecule has 2 aromatic rings. The minimum absolute atomic E-state index is 0.177. The van der Waals surface area contributed by atoms with Crippen molar-refractivity contribution in [1.82, 2.24) is 24.9 Å². The van der Waals surface area contributed by atoms with Gasteiger partial charge in [0.2, 0.25) is 17.8 Å². The molecular formula is C11H16N8. The number of hydrogen-bond acceptors (Lipinski definition) is 8. The molecule has 2 aromatic heterocycles. The molecule has 0 fully saturated rings. The molecule has 3 N–H and O–H groups in total. The summed E-state index contributed by atoms with van der Waals surface area (Å²) < 4.78 is 0. The van der Waals surface area contributed by atoms with E-state index in [1.807, 2.05) is 21.0 Å². The molecule has 0 unspecified atom stereocenters. The van der Waals surface area contributed by atoms with Crippen LogP contribution in [0.5, 0.6) is 0 Å². The van der Waals surface area contributed by atoms with Crippen molar-refractivity contribution in [2.75, 3.05) is 30.0 Å². The molecule has 2 heterocycles. The standard InChI is InChI=1S/C11H16N8/c1-7-4-14-8(5-13-7)6-15-10-16-9(12)17-11(18-10)19(2)3/h4-5H,6H2,1-3H3,(H3,12,15,16,17,18). The lowest BCUT2D eigenvalue weighted by Gasteiger charge is -2.11. The maximum Gasteiger partial charge on any atom is 0.231 e. The van der Waals surface area contributed by atoms with Crippen molar-refractivity contribution in [2.24, 2.45) is 0 Å². The quantitative estimate of drug-likeness (QED) is 0.804. The highest BCUT2D eigenvalue weighted by Crippen LogP contribution is 2.09. The van der Waals surface area contributed by atoms with Gasteiger partial charge in [0, 0.05) is 20.3 Å². The monoisotopic (exact) mass is 260 g/mol. The Kier molecular flexibility index (Phi) is 3.69. The molecule has 0 radical (unpaired) electrons. The van der Waals surface area contributed by atoms with Gasteiger partial charge in [-0.15, -0.1) is 0 Å². The van der Waals surface area contributed by atoms with E-state index in [4.69, 9.17) is 5.73 Å². The second-order valence-electron chi connectivity index (χ2n) is 4.21. The van der Waals surface area contributed by atoms with Gasteiger partial charge in [0.15, 0.2) is 0 Å². The Hall–Kier alpha value is -2.51. The fourth-order valence-electron chi connectivity index (χ4n) is 1.34. The van der Waals surface area contributed by atoms with Gasteiger partial charge in [0.05, 0.1) is 24.1 Å². The fraction of sp³-hybridized carbons (Fsp3) is 0.364. The van der Waals surface area contributed by atoms with Crippen LogP contribution in [0.2, 0.25) is 0 Å². The molecule has 0 atom stereocenters. The van der Waals surface area contributed by atoms with E-state index in [0.29, 0.717) is 18.4 Å². The van der Waals surface area contributed by atoms with Crippen LogP contribution in [0.1, 0.15) is 11.4 Å². The smallest absolute Gasteiger partial charge is 0.231 e. The number of anilines is 3. The van der Waals surface area contributed by atoms with Gasteiger partial charge >= 0.3 is 0 Å². The van der Waals surface area contributed by atoms with Gasteiger partial charge in [-0.2, -0.15) is 15.0 Å². The van der Waals surface area contributed by atoms with Crippen molar-refractivity contribution in [1.29, 1.82) is 0 Å². The van der Waals surface area contributed by atoms with E-state index >= 15 is 0 Å². The van der Waals surface area contributed by atoms with Gasteiger partial charge in [0.25, 0.3) is 0 Å². The fourth-order valence-corrected chi connectivity index (χ4v) is 1.34. The number of hydrogen-bond donors (Lipinski definition) is 2. The first-order valence-electron chi connectivity index (χ1n) is 5.75. The molecule has 0 aliphatic rings. The number of rotatable bonds is 4. The molecule has 0 amide bonds. The number of nitrogens with two attached hydrogens (primary N) is 1. The van der Waals surface area contributed by atoms with Gasteiger partial charge in [-0.3, -0.25) is 9.97 Å². The van der Waals surface area contributed by atoms with E-state index < -0.39 is 0 Å². The topological polar surface area (TPSA) is 106 Å². The zero-order valence-electron chi connectivity index (χ0n) is 11.1. The van der Waals surface area contributed by atoms with Crippen LogP contribution in [-0.4, -0.2) is 39.0 Å². The SMILES string of the molecule is Cc1cnc(CNc2nc(N)nc(N(C)C)n2)cn1. The van der Waals surface area contributed by atoms with Crippen molar-refractivity contribution in [3.63, 3.8) is 0 Å². The minimum atomic E-state index is 0.177.